The van der Waals surface area contributed by atoms with Crippen molar-refractivity contribution >= 4 is 39.1 Å². The first-order valence-electron chi connectivity index (χ1n) is 10.7. The first kappa shape index (κ1) is 24.4. The highest BCUT2D eigenvalue weighted by Gasteiger charge is 2.35. The number of fused-ring (bicyclic) bond motifs is 1. The normalized spacial score (nSPS) is 11.8. The summed E-state index contributed by atoms with van der Waals surface area (Å²) >= 11 is 0.704. The number of thiophene rings is 1. The van der Waals surface area contributed by atoms with Crippen molar-refractivity contribution in [2.75, 3.05) is 5.32 Å². The van der Waals surface area contributed by atoms with Crippen LogP contribution >= 0.6 is 11.3 Å². The van der Waals surface area contributed by atoms with Gasteiger partial charge in [0.05, 0.1) is 17.1 Å². The Hall–Kier alpha value is -3.74. The summed E-state index contributed by atoms with van der Waals surface area (Å²) in [6.45, 7) is 6.13. The molecule has 0 bridgehead atoms. The number of aryl methyl sites for hydroxylation is 4. The van der Waals surface area contributed by atoms with Crippen LogP contribution in [-0.4, -0.2) is 36.4 Å². The molecule has 0 aliphatic carbocycles. The first-order valence-corrected chi connectivity index (χ1v) is 11.5. The van der Waals surface area contributed by atoms with Crippen molar-refractivity contribution < 1.29 is 22.8 Å². The number of nitrogens with one attached hydrogen (secondary N) is 1. The van der Waals surface area contributed by atoms with Gasteiger partial charge in [-0.15, -0.1) is 11.3 Å². The van der Waals surface area contributed by atoms with Gasteiger partial charge in [0, 0.05) is 42.9 Å². The molecular weight excluding hydrogens is 483 g/mol. The molecule has 9 nitrogen and oxygen atoms in total. The van der Waals surface area contributed by atoms with Gasteiger partial charge in [-0.25, -0.2) is 4.98 Å². The third-order valence-corrected chi connectivity index (χ3v) is 6.44. The predicted octanol–water partition coefficient (Wildman–Crippen LogP) is 4.14. The zero-order valence-corrected chi connectivity index (χ0v) is 19.9. The lowest BCUT2D eigenvalue weighted by atomic mass is 10.0. The number of amides is 2. The molecule has 0 saturated carbocycles. The summed E-state index contributed by atoms with van der Waals surface area (Å²) in [5.41, 5.74) is 6.33. The molecule has 0 aromatic carbocycles. The van der Waals surface area contributed by atoms with Crippen LogP contribution in [0, 0.1) is 13.8 Å². The Morgan fingerprint density at radius 2 is 1.91 bits per heavy atom. The van der Waals surface area contributed by atoms with E-state index in [4.69, 9.17) is 5.73 Å². The van der Waals surface area contributed by atoms with Gasteiger partial charge in [-0.05, 0) is 38.5 Å². The van der Waals surface area contributed by atoms with E-state index in [9.17, 15) is 22.8 Å². The van der Waals surface area contributed by atoms with Gasteiger partial charge < -0.3 is 11.1 Å². The zero-order chi connectivity index (χ0) is 25.5. The number of anilines is 1. The van der Waals surface area contributed by atoms with E-state index in [1.54, 1.807) is 34.7 Å². The summed E-state index contributed by atoms with van der Waals surface area (Å²) in [5.74, 6) is -1.33. The van der Waals surface area contributed by atoms with E-state index in [0.717, 1.165) is 11.8 Å². The van der Waals surface area contributed by atoms with Crippen LogP contribution in [0.1, 0.15) is 40.1 Å². The SMILES string of the molecule is CCn1cc(-c2cc(C(F)(F)F)nc3sc(C(N)=O)c(NC(=O)CCn4ccc(C)n4)c23)c(C)n1. The van der Waals surface area contributed by atoms with E-state index in [0.29, 0.717) is 29.1 Å². The first-order chi connectivity index (χ1) is 16.5. The van der Waals surface area contributed by atoms with Crippen molar-refractivity contribution in [2.24, 2.45) is 5.73 Å². The summed E-state index contributed by atoms with van der Waals surface area (Å²) in [4.78, 5) is 28.6. The van der Waals surface area contributed by atoms with E-state index in [-0.39, 0.29) is 39.3 Å². The minimum atomic E-state index is -4.72. The number of rotatable bonds is 7. The smallest absolute Gasteiger partial charge is 0.365 e. The molecule has 0 spiro atoms. The van der Waals surface area contributed by atoms with Gasteiger partial charge in [0.15, 0.2) is 0 Å². The third-order valence-electron chi connectivity index (χ3n) is 5.34. The average molecular weight is 506 g/mol. The fourth-order valence-electron chi connectivity index (χ4n) is 3.70. The van der Waals surface area contributed by atoms with E-state index in [1.807, 2.05) is 13.8 Å². The standard InChI is InChI=1S/C22H22F3N7O2S/c1-4-31-10-14(12(3)30-31)13-9-15(22(23,24)25)27-21-17(13)18(19(35-21)20(26)34)28-16(33)6-8-32-7-5-11(2)29-32/h5,7,9-10H,4,6,8H2,1-3H3,(H2,26,34)(H,28,33). The maximum Gasteiger partial charge on any atom is 0.433 e. The largest absolute Gasteiger partial charge is 0.433 e. The van der Waals surface area contributed by atoms with Crippen LogP contribution in [0.25, 0.3) is 21.3 Å². The molecule has 13 heteroatoms. The quantitative estimate of drug-likeness (QED) is 0.391. The van der Waals surface area contributed by atoms with Gasteiger partial charge in [0.1, 0.15) is 15.4 Å². The number of alkyl halides is 3. The van der Waals surface area contributed by atoms with Gasteiger partial charge in [-0.2, -0.15) is 23.4 Å². The zero-order valence-electron chi connectivity index (χ0n) is 19.1. The van der Waals surface area contributed by atoms with Crippen LogP contribution in [0.15, 0.2) is 24.5 Å². The second-order valence-corrected chi connectivity index (χ2v) is 8.90. The van der Waals surface area contributed by atoms with E-state index < -0.39 is 23.7 Å². The van der Waals surface area contributed by atoms with Gasteiger partial charge in [-0.1, -0.05) is 0 Å². The number of nitrogens with two attached hydrogens (primary N) is 1. The van der Waals surface area contributed by atoms with Crippen LogP contribution < -0.4 is 11.1 Å². The molecule has 184 valence electrons. The summed E-state index contributed by atoms with van der Waals surface area (Å²) < 4.78 is 44.2. The molecular formula is C22H22F3N7O2S. The summed E-state index contributed by atoms with van der Waals surface area (Å²) in [5, 5.41) is 11.4. The highest BCUT2D eigenvalue weighted by molar-refractivity contribution is 7.21. The van der Waals surface area contributed by atoms with Crippen LogP contribution in [0.2, 0.25) is 0 Å². The van der Waals surface area contributed by atoms with Gasteiger partial charge >= 0.3 is 6.18 Å². The molecule has 0 unspecified atom stereocenters. The number of carbonyl (C=O) groups excluding carboxylic acids is 2. The van der Waals surface area contributed by atoms with Crippen LogP contribution in [-0.2, 0) is 24.1 Å². The molecule has 2 amide bonds. The Morgan fingerprint density at radius 1 is 1.17 bits per heavy atom. The van der Waals surface area contributed by atoms with Crippen molar-refractivity contribution in [1.29, 1.82) is 0 Å². The van der Waals surface area contributed by atoms with E-state index in [2.05, 4.69) is 20.5 Å². The van der Waals surface area contributed by atoms with Crippen LogP contribution in [0.4, 0.5) is 18.9 Å². The van der Waals surface area contributed by atoms with Crippen molar-refractivity contribution in [3.63, 3.8) is 0 Å². The van der Waals surface area contributed by atoms with Gasteiger partial charge in [-0.3, -0.25) is 19.0 Å². The lowest BCUT2D eigenvalue weighted by molar-refractivity contribution is -0.140. The lowest BCUT2D eigenvalue weighted by Gasteiger charge is -2.12. The Balaban J connectivity index is 1.85. The number of hydrogen-bond acceptors (Lipinski definition) is 6. The minimum absolute atomic E-state index is 0.0207. The summed E-state index contributed by atoms with van der Waals surface area (Å²) in [7, 11) is 0. The van der Waals surface area contributed by atoms with Crippen LogP contribution in [0.3, 0.4) is 0 Å². The second kappa shape index (κ2) is 9.13. The van der Waals surface area contributed by atoms with E-state index in [1.165, 1.54) is 0 Å². The highest BCUT2D eigenvalue weighted by atomic mass is 32.1. The maximum absolute atomic E-state index is 13.7. The van der Waals surface area contributed by atoms with Crippen molar-refractivity contribution in [2.45, 2.75) is 46.5 Å². The van der Waals surface area contributed by atoms with Crippen molar-refractivity contribution in [3.05, 3.63) is 46.5 Å². The number of nitrogens with zero attached hydrogens (tertiary/aromatic N) is 5. The molecule has 0 aliphatic rings. The Labute approximate surface area is 201 Å². The second-order valence-electron chi connectivity index (χ2n) is 7.91. The summed E-state index contributed by atoms with van der Waals surface area (Å²) in [6, 6.07) is 2.70. The number of carbonyl (C=O) groups is 2. The molecule has 0 saturated heterocycles. The molecule has 0 aliphatic heterocycles. The minimum Gasteiger partial charge on any atom is -0.365 e. The summed E-state index contributed by atoms with van der Waals surface area (Å²) in [6.07, 6.45) is -1.35. The molecule has 4 aromatic rings. The fraction of sp³-hybridized carbons (Fsp3) is 0.318. The number of aromatic nitrogens is 5. The Morgan fingerprint density at radius 3 is 2.49 bits per heavy atom. The number of pyridine rings is 1. The van der Waals surface area contributed by atoms with Crippen molar-refractivity contribution in [1.82, 2.24) is 24.5 Å². The number of halogens is 3. The van der Waals surface area contributed by atoms with E-state index >= 15 is 0 Å². The fourth-order valence-corrected chi connectivity index (χ4v) is 4.71. The lowest BCUT2D eigenvalue weighted by Crippen LogP contribution is -2.18. The van der Waals surface area contributed by atoms with Crippen molar-refractivity contribution in [3.8, 4) is 11.1 Å². The molecule has 3 N–H and O–H groups in total. The number of hydrogen-bond donors (Lipinski definition) is 2. The molecule has 4 rings (SSSR count). The molecule has 0 fully saturated rings. The maximum atomic E-state index is 13.7. The Bertz CT molecular complexity index is 1430. The molecule has 0 radical (unpaired) electrons. The number of primary amides is 1. The molecule has 0 atom stereocenters. The van der Waals surface area contributed by atoms with Gasteiger partial charge in [0.25, 0.3) is 5.91 Å². The monoisotopic (exact) mass is 505 g/mol. The topological polar surface area (TPSA) is 121 Å². The van der Waals surface area contributed by atoms with Gasteiger partial charge in [0.2, 0.25) is 5.91 Å². The average Bonchev–Trinajstić information content (AvgIpc) is 3.48. The highest BCUT2D eigenvalue weighted by Crippen LogP contribution is 2.44. The Kier molecular flexibility index (Phi) is 6.36. The third kappa shape index (κ3) is 4.90. The molecule has 4 heterocycles. The van der Waals surface area contributed by atoms with Crippen LogP contribution in [0.5, 0.6) is 0 Å². The predicted molar refractivity (Wildman–Crippen MR) is 125 cm³/mol. The molecule has 4 aromatic heterocycles. The molecule has 35 heavy (non-hydrogen) atoms.